The molecule has 2 heterocycles. The summed E-state index contributed by atoms with van der Waals surface area (Å²) < 4.78 is 1.78. The van der Waals surface area contributed by atoms with E-state index in [9.17, 15) is 4.79 Å². The fraction of sp³-hybridized carbons (Fsp3) is 0.733. The average Bonchev–Trinajstić information content (AvgIpc) is 2.41. The summed E-state index contributed by atoms with van der Waals surface area (Å²) in [6.07, 6.45) is 5.82. The lowest BCUT2D eigenvalue weighted by molar-refractivity contribution is 0.427. The quantitative estimate of drug-likeness (QED) is 0.886. The highest BCUT2D eigenvalue weighted by atomic mass is 16.1. The largest absolute Gasteiger partial charge is 0.350 e. The highest BCUT2D eigenvalue weighted by Crippen LogP contribution is 2.14. The first kappa shape index (κ1) is 15.0. The van der Waals surface area contributed by atoms with Crippen LogP contribution in [0.2, 0.25) is 0 Å². The van der Waals surface area contributed by atoms with E-state index in [-0.39, 0.29) is 5.56 Å². The van der Waals surface area contributed by atoms with Crippen molar-refractivity contribution >= 4 is 5.82 Å². The van der Waals surface area contributed by atoms with Gasteiger partial charge in [-0.25, -0.2) is 4.98 Å². The first-order valence-electron chi connectivity index (χ1n) is 7.65. The van der Waals surface area contributed by atoms with E-state index >= 15 is 0 Å². The Morgan fingerprint density at radius 1 is 1.50 bits per heavy atom. The molecule has 1 N–H and O–H groups in total. The van der Waals surface area contributed by atoms with Gasteiger partial charge in [-0.1, -0.05) is 20.8 Å². The Bertz CT molecular complexity index is 481. The summed E-state index contributed by atoms with van der Waals surface area (Å²) >= 11 is 0. The summed E-state index contributed by atoms with van der Waals surface area (Å²) in [6.45, 7) is 9.88. The van der Waals surface area contributed by atoms with E-state index in [1.807, 2.05) is 0 Å². The van der Waals surface area contributed by atoms with Crippen molar-refractivity contribution in [2.75, 3.05) is 24.5 Å². The van der Waals surface area contributed by atoms with Crippen LogP contribution >= 0.6 is 0 Å². The molecule has 0 saturated carbocycles. The molecular formula is C15H26N4O. The van der Waals surface area contributed by atoms with Gasteiger partial charge in [0.2, 0.25) is 0 Å². The Labute approximate surface area is 121 Å². The molecule has 1 unspecified atom stereocenters. The fourth-order valence-corrected chi connectivity index (χ4v) is 2.81. The van der Waals surface area contributed by atoms with Crippen molar-refractivity contribution < 1.29 is 0 Å². The molecule has 1 aliphatic heterocycles. The first-order chi connectivity index (χ1) is 9.61. The molecule has 1 aromatic rings. The molecule has 0 radical (unpaired) electrons. The van der Waals surface area contributed by atoms with E-state index < -0.39 is 0 Å². The Morgan fingerprint density at radius 2 is 2.30 bits per heavy atom. The smallest absolute Gasteiger partial charge is 0.293 e. The molecule has 112 valence electrons. The summed E-state index contributed by atoms with van der Waals surface area (Å²) in [4.78, 5) is 19.0. The van der Waals surface area contributed by atoms with Gasteiger partial charge in [0.05, 0.1) is 0 Å². The van der Waals surface area contributed by atoms with Gasteiger partial charge in [-0.2, -0.15) is 0 Å². The summed E-state index contributed by atoms with van der Waals surface area (Å²) in [6, 6.07) is 0.466. The van der Waals surface area contributed by atoms with E-state index in [0.717, 1.165) is 32.6 Å². The van der Waals surface area contributed by atoms with Crippen LogP contribution in [0.1, 0.15) is 33.6 Å². The maximum absolute atomic E-state index is 12.5. The number of likely N-dealkylation sites (N-methyl/N-ethyl adjacent to an activating group) is 1. The summed E-state index contributed by atoms with van der Waals surface area (Å²) in [7, 11) is 0. The first-order valence-corrected chi connectivity index (χ1v) is 7.65. The second-order valence-corrected chi connectivity index (χ2v) is 5.95. The highest BCUT2D eigenvalue weighted by Gasteiger charge is 2.22. The minimum Gasteiger partial charge on any atom is -0.350 e. The predicted molar refractivity (Wildman–Crippen MR) is 82.2 cm³/mol. The van der Waals surface area contributed by atoms with Gasteiger partial charge in [0.1, 0.15) is 0 Å². The fourth-order valence-electron chi connectivity index (χ4n) is 2.81. The van der Waals surface area contributed by atoms with Gasteiger partial charge < -0.3 is 14.8 Å². The van der Waals surface area contributed by atoms with E-state index in [2.05, 4.69) is 36.0 Å². The maximum Gasteiger partial charge on any atom is 0.293 e. The number of hydrogen-bond acceptors (Lipinski definition) is 4. The normalized spacial score (nSPS) is 19.6. The molecule has 1 atom stereocenters. The Hall–Kier alpha value is -1.36. The van der Waals surface area contributed by atoms with Crippen molar-refractivity contribution in [3.63, 3.8) is 0 Å². The molecule has 0 aliphatic carbocycles. The third-order valence-electron chi connectivity index (χ3n) is 3.67. The Kier molecular flexibility index (Phi) is 5.17. The zero-order valence-corrected chi connectivity index (χ0v) is 12.8. The van der Waals surface area contributed by atoms with Crippen LogP contribution in [0.5, 0.6) is 0 Å². The second-order valence-electron chi connectivity index (χ2n) is 5.95. The van der Waals surface area contributed by atoms with Gasteiger partial charge >= 0.3 is 0 Å². The van der Waals surface area contributed by atoms with Crippen molar-refractivity contribution in [1.82, 2.24) is 14.9 Å². The number of aromatic nitrogens is 2. The number of piperidine rings is 1. The standard InChI is InChI=1S/C15H26N4O/c1-4-16-13-6-5-8-18(11-13)14-15(20)19(9-7-17-14)10-12(2)3/h7,9,12-13,16H,4-6,8,10-11H2,1-3H3. The maximum atomic E-state index is 12.5. The zero-order chi connectivity index (χ0) is 14.5. The molecule has 1 aliphatic rings. The van der Waals surface area contributed by atoms with Gasteiger partial charge in [-0.05, 0) is 25.3 Å². The van der Waals surface area contributed by atoms with E-state index in [1.54, 1.807) is 17.0 Å². The molecular weight excluding hydrogens is 252 g/mol. The van der Waals surface area contributed by atoms with Crippen LogP contribution in [-0.4, -0.2) is 35.2 Å². The molecule has 1 aromatic heterocycles. The summed E-state index contributed by atoms with van der Waals surface area (Å²) in [5.74, 6) is 1.06. The molecule has 0 aromatic carbocycles. The van der Waals surface area contributed by atoms with Gasteiger partial charge in [0.15, 0.2) is 5.82 Å². The minimum absolute atomic E-state index is 0.0401. The predicted octanol–water partition coefficient (Wildman–Crippen LogP) is 1.48. The number of nitrogens with zero attached hydrogens (tertiary/aromatic N) is 3. The molecule has 0 spiro atoms. The van der Waals surface area contributed by atoms with Gasteiger partial charge in [0, 0.05) is 38.1 Å². The van der Waals surface area contributed by atoms with Crippen molar-refractivity contribution in [3.8, 4) is 0 Å². The minimum atomic E-state index is 0.0401. The van der Waals surface area contributed by atoms with E-state index in [1.165, 1.54) is 6.42 Å². The van der Waals surface area contributed by atoms with E-state index in [4.69, 9.17) is 0 Å². The molecule has 0 bridgehead atoms. The van der Waals surface area contributed by atoms with Crippen molar-refractivity contribution in [2.45, 2.75) is 46.2 Å². The third kappa shape index (κ3) is 3.60. The average molecular weight is 278 g/mol. The van der Waals surface area contributed by atoms with Gasteiger partial charge in [0.25, 0.3) is 5.56 Å². The number of rotatable bonds is 5. The third-order valence-corrected chi connectivity index (χ3v) is 3.67. The second kappa shape index (κ2) is 6.88. The highest BCUT2D eigenvalue weighted by molar-refractivity contribution is 5.36. The van der Waals surface area contributed by atoms with Gasteiger partial charge in [-0.15, -0.1) is 0 Å². The summed E-state index contributed by atoms with van der Waals surface area (Å²) in [5, 5.41) is 3.47. The SMILES string of the molecule is CCNC1CCCN(c2nccn(CC(C)C)c2=O)C1. The topological polar surface area (TPSA) is 50.2 Å². The molecule has 5 nitrogen and oxygen atoms in total. The lowest BCUT2D eigenvalue weighted by atomic mass is 10.1. The number of nitrogens with one attached hydrogen (secondary N) is 1. The number of hydrogen-bond donors (Lipinski definition) is 1. The molecule has 20 heavy (non-hydrogen) atoms. The van der Waals surface area contributed by atoms with Crippen molar-refractivity contribution in [3.05, 3.63) is 22.7 Å². The van der Waals surface area contributed by atoms with Crippen LogP contribution in [-0.2, 0) is 6.54 Å². The lowest BCUT2D eigenvalue weighted by Gasteiger charge is -2.33. The molecule has 2 rings (SSSR count). The monoisotopic (exact) mass is 278 g/mol. The molecule has 1 fully saturated rings. The Balaban J connectivity index is 2.17. The molecule has 1 saturated heterocycles. The van der Waals surface area contributed by atoms with Crippen LogP contribution < -0.4 is 15.8 Å². The Morgan fingerprint density at radius 3 is 3.00 bits per heavy atom. The van der Waals surface area contributed by atoms with Crippen molar-refractivity contribution in [2.24, 2.45) is 5.92 Å². The van der Waals surface area contributed by atoms with Crippen LogP contribution in [0.15, 0.2) is 17.2 Å². The molecule has 0 amide bonds. The van der Waals surface area contributed by atoms with Crippen LogP contribution in [0, 0.1) is 5.92 Å². The van der Waals surface area contributed by atoms with Crippen LogP contribution in [0.4, 0.5) is 5.82 Å². The van der Waals surface area contributed by atoms with Crippen molar-refractivity contribution in [1.29, 1.82) is 0 Å². The van der Waals surface area contributed by atoms with Crippen LogP contribution in [0.25, 0.3) is 0 Å². The molecule has 5 heteroatoms. The van der Waals surface area contributed by atoms with Gasteiger partial charge in [-0.3, -0.25) is 4.79 Å². The van der Waals surface area contributed by atoms with E-state index in [0.29, 0.717) is 17.8 Å². The zero-order valence-electron chi connectivity index (χ0n) is 12.8. The lowest BCUT2D eigenvalue weighted by Crippen LogP contribution is -2.48. The van der Waals surface area contributed by atoms with Crippen LogP contribution in [0.3, 0.4) is 0 Å². The summed E-state index contributed by atoms with van der Waals surface area (Å²) in [5.41, 5.74) is 0.0401. The number of anilines is 1.